The number of halogens is 1. The fourth-order valence-corrected chi connectivity index (χ4v) is 6.74. The Hall–Kier alpha value is -3.71. The molecular formula is C39H51FN2O4. The smallest absolute Gasteiger partial charge is 0.407 e. The summed E-state index contributed by atoms with van der Waals surface area (Å²) >= 11 is 0. The molecule has 1 heterocycles. The Balaban J connectivity index is 1.53. The summed E-state index contributed by atoms with van der Waals surface area (Å²) in [6.07, 6.45) is 4.88. The van der Waals surface area contributed by atoms with Gasteiger partial charge in [-0.1, -0.05) is 68.8 Å². The van der Waals surface area contributed by atoms with Crippen LogP contribution < -0.4 is 5.32 Å². The molecule has 2 amide bonds. The van der Waals surface area contributed by atoms with Crippen molar-refractivity contribution in [3.8, 4) is 11.1 Å². The van der Waals surface area contributed by atoms with Gasteiger partial charge in [-0.3, -0.25) is 4.79 Å². The fraction of sp³-hybridized carbons (Fsp3) is 0.487. The highest BCUT2D eigenvalue weighted by atomic mass is 19.1. The second kappa shape index (κ2) is 15.7. The van der Waals surface area contributed by atoms with Crippen molar-refractivity contribution in [1.29, 1.82) is 0 Å². The molecule has 0 aliphatic carbocycles. The number of alkyl carbamates (subject to hydrolysis) is 1. The molecule has 7 heteroatoms. The van der Waals surface area contributed by atoms with E-state index < -0.39 is 11.7 Å². The number of benzene rings is 3. The lowest BCUT2D eigenvalue weighted by Crippen LogP contribution is -2.44. The molecule has 1 N–H and O–H groups in total. The van der Waals surface area contributed by atoms with Gasteiger partial charge in [-0.15, -0.1) is 0 Å². The van der Waals surface area contributed by atoms with Gasteiger partial charge in [0.25, 0.3) is 5.91 Å². The predicted octanol–water partition coefficient (Wildman–Crippen LogP) is 8.71. The lowest BCUT2D eigenvalue weighted by molar-refractivity contribution is 0.0523. The van der Waals surface area contributed by atoms with Crippen LogP contribution in [0, 0.1) is 11.7 Å². The maximum absolute atomic E-state index is 15.8. The van der Waals surface area contributed by atoms with E-state index in [2.05, 4.69) is 37.4 Å². The van der Waals surface area contributed by atoms with E-state index in [1.54, 1.807) is 13.2 Å². The zero-order valence-electron chi connectivity index (χ0n) is 28.5. The molecule has 1 aliphatic heterocycles. The first-order valence-electron chi connectivity index (χ1n) is 16.7. The van der Waals surface area contributed by atoms with Crippen molar-refractivity contribution in [3.63, 3.8) is 0 Å². The number of amides is 2. The monoisotopic (exact) mass is 630 g/mol. The van der Waals surface area contributed by atoms with E-state index in [9.17, 15) is 9.59 Å². The van der Waals surface area contributed by atoms with E-state index in [-0.39, 0.29) is 29.6 Å². The van der Waals surface area contributed by atoms with E-state index in [0.717, 1.165) is 55.2 Å². The zero-order valence-corrected chi connectivity index (χ0v) is 28.5. The van der Waals surface area contributed by atoms with Crippen LogP contribution in [0.3, 0.4) is 0 Å². The van der Waals surface area contributed by atoms with Gasteiger partial charge in [0.15, 0.2) is 0 Å². The number of rotatable bonds is 12. The molecule has 1 saturated heterocycles. The lowest BCUT2D eigenvalue weighted by atomic mass is 9.64. The third-order valence-electron chi connectivity index (χ3n) is 9.24. The molecule has 1 aliphatic rings. The van der Waals surface area contributed by atoms with Crippen LogP contribution in [0.4, 0.5) is 9.18 Å². The number of ether oxygens (including phenoxy) is 2. The standard InChI is InChI=1S/C39H51FN2O4/c1-7-28-13-10-15-30(25-28)35-33(17-12-18-34(35)40)39(5,21-8-9-24-45-6)32-19-22-42(23-20-32)36(43)31-16-11-14-29(26-31)27-41-37(44)46-38(2,3)4/h10-18,25-26,32H,7-9,19-24,27H2,1-6H3,(H,41,44). The zero-order chi connectivity index (χ0) is 33.3. The summed E-state index contributed by atoms with van der Waals surface area (Å²) in [5.74, 6) is 0.0723. The van der Waals surface area contributed by atoms with Crippen molar-refractivity contribution in [3.05, 3.63) is 94.8 Å². The molecule has 0 aromatic heterocycles. The first-order chi connectivity index (χ1) is 21.9. The summed E-state index contributed by atoms with van der Waals surface area (Å²) in [5.41, 5.74) is 4.43. The second-order valence-corrected chi connectivity index (χ2v) is 13.7. The van der Waals surface area contributed by atoms with Gasteiger partial charge in [0.05, 0.1) is 0 Å². The van der Waals surface area contributed by atoms with Crippen molar-refractivity contribution in [2.75, 3.05) is 26.8 Å². The van der Waals surface area contributed by atoms with Crippen LogP contribution in [-0.4, -0.2) is 49.3 Å². The molecule has 0 saturated carbocycles. The number of carbonyl (C=O) groups is 2. The van der Waals surface area contributed by atoms with Crippen molar-refractivity contribution in [2.24, 2.45) is 5.92 Å². The molecule has 1 unspecified atom stereocenters. The minimum Gasteiger partial charge on any atom is -0.444 e. The number of unbranched alkanes of at least 4 members (excludes halogenated alkanes) is 1. The van der Waals surface area contributed by atoms with Gasteiger partial charge < -0.3 is 19.7 Å². The number of nitrogens with one attached hydrogen (secondary N) is 1. The Kier molecular flexibility index (Phi) is 12.0. The molecule has 3 aromatic rings. The van der Waals surface area contributed by atoms with E-state index in [1.165, 1.54) is 5.56 Å². The summed E-state index contributed by atoms with van der Waals surface area (Å²) < 4.78 is 26.5. The van der Waals surface area contributed by atoms with Crippen molar-refractivity contribution >= 4 is 12.0 Å². The van der Waals surface area contributed by atoms with E-state index in [0.29, 0.717) is 30.8 Å². The summed E-state index contributed by atoms with van der Waals surface area (Å²) in [6, 6.07) is 21.2. The minimum atomic E-state index is -0.579. The highest BCUT2D eigenvalue weighted by molar-refractivity contribution is 5.94. The number of hydrogen-bond acceptors (Lipinski definition) is 4. The van der Waals surface area contributed by atoms with Crippen LogP contribution in [0.5, 0.6) is 0 Å². The summed E-state index contributed by atoms with van der Waals surface area (Å²) in [7, 11) is 1.73. The third kappa shape index (κ3) is 8.97. The number of aryl methyl sites for hydroxylation is 1. The summed E-state index contributed by atoms with van der Waals surface area (Å²) in [6.45, 7) is 12.1. The fourth-order valence-electron chi connectivity index (χ4n) is 6.74. The first kappa shape index (κ1) is 35.1. The average molecular weight is 631 g/mol. The Morgan fingerprint density at radius 1 is 0.935 bits per heavy atom. The summed E-state index contributed by atoms with van der Waals surface area (Å²) in [4.78, 5) is 27.7. The molecule has 46 heavy (non-hydrogen) atoms. The number of hydrogen-bond donors (Lipinski definition) is 1. The van der Waals surface area contributed by atoms with Crippen LogP contribution in [-0.2, 0) is 27.9 Å². The Bertz CT molecular complexity index is 1470. The van der Waals surface area contributed by atoms with E-state index >= 15 is 4.39 Å². The molecule has 6 nitrogen and oxygen atoms in total. The molecule has 0 radical (unpaired) electrons. The third-order valence-corrected chi connectivity index (χ3v) is 9.24. The Labute approximate surface area is 274 Å². The maximum Gasteiger partial charge on any atom is 0.407 e. The van der Waals surface area contributed by atoms with Crippen LogP contribution in [0.15, 0.2) is 66.7 Å². The number of likely N-dealkylation sites (tertiary alicyclic amines) is 1. The van der Waals surface area contributed by atoms with E-state index in [4.69, 9.17) is 9.47 Å². The van der Waals surface area contributed by atoms with Gasteiger partial charge >= 0.3 is 6.09 Å². The lowest BCUT2D eigenvalue weighted by Gasteiger charge is -2.44. The molecule has 248 valence electrons. The van der Waals surface area contributed by atoms with Crippen LogP contribution in [0.25, 0.3) is 11.1 Å². The molecule has 1 fully saturated rings. The molecule has 3 aromatic carbocycles. The molecular weight excluding hydrogens is 579 g/mol. The highest BCUT2D eigenvalue weighted by Gasteiger charge is 2.40. The van der Waals surface area contributed by atoms with Crippen LogP contribution in [0.2, 0.25) is 0 Å². The Morgan fingerprint density at radius 2 is 1.63 bits per heavy atom. The van der Waals surface area contributed by atoms with Gasteiger partial charge in [-0.2, -0.15) is 0 Å². The predicted molar refractivity (Wildman–Crippen MR) is 182 cm³/mol. The quantitative estimate of drug-likeness (QED) is 0.203. The van der Waals surface area contributed by atoms with Gasteiger partial charge in [-0.25, -0.2) is 9.18 Å². The number of piperidine rings is 1. The van der Waals surface area contributed by atoms with Gasteiger partial charge in [-0.05, 0) is 105 Å². The van der Waals surface area contributed by atoms with Crippen molar-refractivity contribution < 1.29 is 23.5 Å². The Morgan fingerprint density at radius 3 is 2.33 bits per heavy atom. The topological polar surface area (TPSA) is 67.9 Å². The number of methoxy groups -OCH3 is 1. The molecule has 4 rings (SSSR count). The molecule has 1 atom stereocenters. The van der Waals surface area contributed by atoms with Crippen molar-refractivity contribution in [1.82, 2.24) is 10.2 Å². The van der Waals surface area contributed by atoms with Gasteiger partial charge in [0.2, 0.25) is 0 Å². The number of carbonyl (C=O) groups excluding carboxylic acids is 2. The molecule has 0 bridgehead atoms. The first-order valence-corrected chi connectivity index (χ1v) is 16.7. The SMILES string of the molecule is CCc1cccc(-c2c(F)cccc2C(C)(CCCCOC)C2CCN(C(=O)c3cccc(CNC(=O)OC(C)(C)C)c3)CC2)c1. The van der Waals surface area contributed by atoms with Crippen LogP contribution >= 0.6 is 0 Å². The summed E-state index contributed by atoms with van der Waals surface area (Å²) in [5, 5.41) is 2.77. The maximum atomic E-state index is 15.8. The van der Waals surface area contributed by atoms with Crippen molar-refractivity contribution in [2.45, 2.75) is 90.7 Å². The normalized spacial score (nSPS) is 15.3. The van der Waals surface area contributed by atoms with Gasteiger partial charge in [0.1, 0.15) is 11.4 Å². The van der Waals surface area contributed by atoms with E-state index in [1.807, 2.05) is 68.1 Å². The highest BCUT2D eigenvalue weighted by Crippen LogP contribution is 2.46. The largest absolute Gasteiger partial charge is 0.444 e. The van der Waals surface area contributed by atoms with Gasteiger partial charge in [0, 0.05) is 44.5 Å². The second-order valence-electron chi connectivity index (χ2n) is 13.7. The minimum absolute atomic E-state index is 0.0119. The number of nitrogens with zero attached hydrogens (tertiary/aromatic N) is 1. The molecule has 0 spiro atoms. The average Bonchev–Trinajstić information content (AvgIpc) is 3.04. The van der Waals surface area contributed by atoms with Crippen LogP contribution in [0.1, 0.15) is 93.8 Å².